The molecule has 0 saturated heterocycles. The average molecular weight is 333 g/mol. The number of hydrogen-bond donors (Lipinski definition) is 1. The summed E-state index contributed by atoms with van der Waals surface area (Å²) in [5.74, 6) is -1.60. The summed E-state index contributed by atoms with van der Waals surface area (Å²) in [6, 6.07) is 9.63. The smallest absolute Gasteiger partial charge is 0.283 e. The van der Waals surface area contributed by atoms with Crippen LogP contribution in [0.3, 0.4) is 0 Å². The van der Waals surface area contributed by atoms with Gasteiger partial charge >= 0.3 is 6.18 Å². The SMILES string of the molecule is O=S(=O)(Cc1ccccc1)Nc1cc(F)cc(C(F)(F)F)c1. The van der Waals surface area contributed by atoms with Gasteiger partial charge in [0.1, 0.15) is 5.82 Å². The fourth-order valence-electron chi connectivity index (χ4n) is 1.82. The monoisotopic (exact) mass is 333 g/mol. The third kappa shape index (κ3) is 4.45. The van der Waals surface area contributed by atoms with E-state index >= 15 is 0 Å². The van der Waals surface area contributed by atoms with E-state index in [0.29, 0.717) is 23.8 Å². The number of anilines is 1. The van der Waals surface area contributed by atoms with Crippen molar-refractivity contribution < 1.29 is 26.0 Å². The van der Waals surface area contributed by atoms with Gasteiger partial charge in [-0.3, -0.25) is 4.72 Å². The fourth-order valence-corrected chi connectivity index (χ4v) is 3.00. The number of benzene rings is 2. The van der Waals surface area contributed by atoms with Crippen LogP contribution in [0.15, 0.2) is 48.5 Å². The quantitative estimate of drug-likeness (QED) is 0.866. The van der Waals surface area contributed by atoms with E-state index < -0.39 is 39.0 Å². The van der Waals surface area contributed by atoms with E-state index in [1.807, 2.05) is 4.72 Å². The fraction of sp³-hybridized carbons (Fsp3) is 0.143. The van der Waals surface area contributed by atoms with Crippen molar-refractivity contribution in [2.45, 2.75) is 11.9 Å². The Morgan fingerprint density at radius 1 is 1.00 bits per heavy atom. The van der Waals surface area contributed by atoms with E-state index in [9.17, 15) is 26.0 Å². The first-order valence-corrected chi connectivity index (χ1v) is 7.73. The molecule has 118 valence electrons. The lowest BCUT2D eigenvalue weighted by molar-refractivity contribution is -0.137. The van der Waals surface area contributed by atoms with E-state index in [1.54, 1.807) is 30.3 Å². The highest BCUT2D eigenvalue weighted by molar-refractivity contribution is 7.91. The van der Waals surface area contributed by atoms with Gasteiger partial charge in [0.25, 0.3) is 0 Å². The molecule has 0 aliphatic carbocycles. The molecular formula is C14H11F4NO2S. The number of halogens is 4. The van der Waals surface area contributed by atoms with Crippen molar-refractivity contribution in [2.75, 3.05) is 4.72 Å². The summed E-state index contributed by atoms with van der Waals surface area (Å²) in [6.07, 6.45) is -4.76. The summed E-state index contributed by atoms with van der Waals surface area (Å²) in [6.45, 7) is 0. The van der Waals surface area contributed by atoms with Crippen molar-refractivity contribution >= 4 is 15.7 Å². The second-order valence-electron chi connectivity index (χ2n) is 4.57. The molecule has 3 nitrogen and oxygen atoms in total. The van der Waals surface area contributed by atoms with Gasteiger partial charge in [-0.25, -0.2) is 12.8 Å². The van der Waals surface area contributed by atoms with Crippen LogP contribution in [0.25, 0.3) is 0 Å². The highest BCUT2D eigenvalue weighted by Crippen LogP contribution is 2.32. The van der Waals surface area contributed by atoms with Gasteiger partial charge in [0.2, 0.25) is 10.0 Å². The third-order valence-corrected chi connectivity index (χ3v) is 3.96. The zero-order valence-corrected chi connectivity index (χ0v) is 11.9. The molecule has 0 unspecified atom stereocenters. The Hall–Kier alpha value is -2.09. The molecule has 0 amide bonds. The second-order valence-corrected chi connectivity index (χ2v) is 6.30. The number of rotatable bonds is 4. The molecule has 0 atom stereocenters. The summed E-state index contributed by atoms with van der Waals surface area (Å²) in [7, 11) is -3.95. The van der Waals surface area contributed by atoms with E-state index in [2.05, 4.69) is 0 Å². The Morgan fingerprint density at radius 2 is 1.64 bits per heavy atom. The maximum absolute atomic E-state index is 13.2. The van der Waals surface area contributed by atoms with Crippen molar-refractivity contribution in [1.82, 2.24) is 0 Å². The predicted octanol–water partition coefficient (Wildman–Crippen LogP) is 3.79. The van der Waals surface area contributed by atoms with E-state index in [0.717, 1.165) is 0 Å². The van der Waals surface area contributed by atoms with Crippen LogP contribution >= 0.6 is 0 Å². The standard InChI is InChI=1S/C14H11F4NO2S/c15-12-6-11(14(16,17)18)7-13(8-12)19-22(20,21)9-10-4-2-1-3-5-10/h1-8,19H,9H2. The summed E-state index contributed by atoms with van der Waals surface area (Å²) < 4.78 is 76.8. The molecular weight excluding hydrogens is 322 g/mol. The van der Waals surface area contributed by atoms with Crippen LogP contribution in [0.2, 0.25) is 0 Å². The molecule has 0 heterocycles. The van der Waals surface area contributed by atoms with Crippen LogP contribution in [0.5, 0.6) is 0 Å². The van der Waals surface area contributed by atoms with Gasteiger partial charge in [-0.15, -0.1) is 0 Å². The molecule has 2 aromatic rings. The first kappa shape index (κ1) is 16.3. The van der Waals surface area contributed by atoms with E-state index in [1.165, 1.54) is 0 Å². The molecule has 8 heteroatoms. The molecule has 0 aliphatic heterocycles. The Labute approximate surface area is 124 Å². The normalized spacial score (nSPS) is 12.2. The van der Waals surface area contributed by atoms with Crippen molar-refractivity contribution in [1.29, 1.82) is 0 Å². The lowest BCUT2D eigenvalue weighted by Gasteiger charge is -2.12. The van der Waals surface area contributed by atoms with Crippen LogP contribution < -0.4 is 4.72 Å². The zero-order chi connectivity index (χ0) is 16.4. The molecule has 0 saturated carbocycles. The maximum atomic E-state index is 13.2. The average Bonchev–Trinajstić information content (AvgIpc) is 2.36. The van der Waals surface area contributed by atoms with Crippen molar-refractivity contribution in [2.24, 2.45) is 0 Å². The number of hydrogen-bond acceptors (Lipinski definition) is 2. The van der Waals surface area contributed by atoms with Gasteiger partial charge in [0.15, 0.2) is 0 Å². The molecule has 2 aromatic carbocycles. The number of alkyl halides is 3. The highest BCUT2D eigenvalue weighted by Gasteiger charge is 2.31. The molecule has 0 radical (unpaired) electrons. The van der Waals surface area contributed by atoms with Crippen LogP contribution in [0, 0.1) is 5.82 Å². The van der Waals surface area contributed by atoms with Gasteiger partial charge in [-0.2, -0.15) is 13.2 Å². The van der Waals surface area contributed by atoms with Gasteiger partial charge in [-0.1, -0.05) is 30.3 Å². The van der Waals surface area contributed by atoms with Gasteiger partial charge in [0, 0.05) is 0 Å². The molecule has 0 bridgehead atoms. The van der Waals surface area contributed by atoms with Crippen molar-refractivity contribution in [3.63, 3.8) is 0 Å². The first-order valence-electron chi connectivity index (χ1n) is 6.08. The van der Waals surface area contributed by atoms with E-state index in [4.69, 9.17) is 0 Å². The predicted molar refractivity (Wildman–Crippen MR) is 74.1 cm³/mol. The van der Waals surface area contributed by atoms with Crippen LogP contribution in [0.1, 0.15) is 11.1 Å². The van der Waals surface area contributed by atoms with Crippen LogP contribution in [-0.2, 0) is 22.0 Å². The lowest BCUT2D eigenvalue weighted by atomic mass is 10.2. The Bertz CT molecular complexity index is 758. The Kier molecular flexibility index (Phi) is 4.41. The minimum atomic E-state index is -4.76. The van der Waals surface area contributed by atoms with Gasteiger partial charge < -0.3 is 0 Å². The topological polar surface area (TPSA) is 46.2 Å². The van der Waals surface area contributed by atoms with Gasteiger partial charge in [0.05, 0.1) is 17.0 Å². The first-order chi connectivity index (χ1) is 10.2. The molecule has 0 fully saturated rings. The second kappa shape index (κ2) is 5.96. The summed E-state index contributed by atoms with van der Waals surface area (Å²) in [5, 5.41) is 0. The summed E-state index contributed by atoms with van der Waals surface area (Å²) >= 11 is 0. The van der Waals surface area contributed by atoms with E-state index in [-0.39, 0.29) is 0 Å². The van der Waals surface area contributed by atoms with Crippen molar-refractivity contribution in [3.8, 4) is 0 Å². The largest absolute Gasteiger partial charge is 0.416 e. The number of sulfonamides is 1. The number of nitrogens with one attached hydrogen (secondary N) is 1. The zero-order valence-electron chi connectivity index (χ0n) is 11.1. The van der Waals surface area contributed by atoms with Crippen molar-refractivity contribution in [3.05, 3.63) is 65.5 Å². The summed E-state index contributed by atoms with van der Waals surface area (Å²) in [5.41, 5.74) is -1.27. The highest BCUT2D eigenvalue weighted by atomic mass is 32.2. The summed E-state index contributed by atoms with van der Waals surface area (Å²) in [4.78, 5) is 0. The molecule has 22 heavy (non-hydrogen) atoms. The van der Waals surface area contributed by atoms with Crippen LogP contribution in [-0.4, -0.2) is 8.42 Å². The Morgan fingerprint density at radius 3 is 2.23 bits per heavy atom. The van der Waals surface area contributed by atoms with Crippen LogP contribution in [0.4, 0.5) is 23.2 Å². The molecule has 0 aliphatic rings. The molecule has 0 aromatic heterocycles. The molecule has 1 N–H and O–H groups in total. The minimum Gasteiger partial charge on any atom is -0.283 e. The lowest BCUT2D eigenvalue weighted by Crippen LogP contribution is -2.16. The molecule has 0 spiro atoms. The maximum Gasteiger partial charge on any atom is 0.416 e. The Balaban J connectivity index is 2.24. The molecule has 2 rings (SSSR count). The minimum absolute atomic E-state index is 0.301. The third-order valence-electron chi connectivity index (χ3n) is 2.70. The van der Waals surface area contributed by atoms with Gasteiger partial charge in [-0.05, 0) is 23.8 Å².